The van der Waals surface area contributed by atoms with E-state index >= 15 is 0 Å². The Bertz CT molecular complexity index is 1180. The van der Waals surface area contributed by atoms with Crippen LogP contribution in [-0.2, 0) is 21.4 Å². The van der Waals surface area contributed by atoms with Gasteiger partial charge in [-0.25, -0.2) is 0 Å². The van der Waals surface area contributed by atoms with E-state index in [1.165, 1.54) is 0 Å². The minimum atomic E-state index is -0.807. The predicted octanol–water partition coefficient (Wildman–Crippen LogP) is 5.23. The van der Waals surface area contributed by atoms with Crippen LogP contribution in [0.15, 0.2) is 115 Å². The van der Waals surface area contributed by atoms with Crippen LogP contribution in [0.25, 0.3) is 0 Å². The lowest BCUT2D eigenvalue weighted by molar-refractivity contribution is -0.127. The quantitative estimate of drug-likeness (QED) is 0.212. The standard InChI is InChI=1S/C30H27IN2O2/c31-26-19-11-10-12-22(26)20-27(29(32)35)33-28(34)21-30(23-13-4-1-5-14-23,24-15-6-2-7-16-24)25-17-8-3-9-18-25/h1-19,27H,20-21H2,(H2,32,35)(H,33,34)/t27-/m1/s1. The van der Waals surface area contributed by atoms with Gasteiger partial charge in [0, 0.05) is 16.4 Å². The van der Waals surface area contributed by atoms with Crippen molar-refractivity contribution in [2.24, 2.45) is 5.73 Å². The van der Waals surface area contributed by atoms with Crippen molar-refractivity contribution < 1.29 is 9.59 Å². The van der Waals surface area contributed by atoms with E-state index < -0.39 is 17.4 Å². The minimum Gasteiger partial charge on any atom is -0.368 e. The molecule has 2 amide bonds. The summed E-state index contributed by atoms with van der Waals surface area (Å²) in [6.45, 7) is 0. The molecule has 4 aromatic carbocycles. The number of amides is 2. The third-order valence-corrected chi connectivity index (χ3v) is 7.34. The van der Waals surface area contributed by atoms with Gasteiger partial charge in [-0.15, -0.1) is 0 Å². The molecule has 0 unspecified atom stereocenters. The predicted molar refractivity (Wildman–Crippen MR) is 148 cm³/mol. The molecule has 5 heteroatoms. The first-order chi connectivity index (χ1) is 17.0. The zero-order chi connectivity index (χ0) is 24.7. The van der Waals surface area contributed by atoms with Crippen LogP contribution < -0.4 is 11.1 Å². The Balaban J connectivity index is 1.74. The van der Waals surface area contributed by atoms with E-state index in [9.17, 15) is 9.59 Å². The molecule has 4 nitrogen and oxygen atoms in total. The van der Waals surface area contributed by atoms with Crippen LogP contribution >= 0.6 is 22.6 Å². The van der Waals surface area contributed by atoms with Gasteiger partial charge < -0.3 is 11.1 Å². The van der Waals surface area contributed by atoms with Gasteiger partial charge in [-0.05, 0) is 50.9 Å². The zero-order valence-corrected chi connectivity index (χ0v) is 21.4. The minimum absolute atomic E-state index is 0.126. The number of hydrogen-bond acceptors (Lipinski definition) is 2. The molecule has 0 aliphatic carbocycles. The van der Waals surface area contributed by atoms with Crippen molar-refractivity contribution in [3.63, 3.8) is 0 Å². The summed E-state index contributed by atoms with van der Waals surface area (Å²) < 4.78 is 1.03. The number of primary amides is 1. The Morgan fingerprint density at radius 1 is 0.714 bits per heavy atom. The fraction of sp³-hybridized carbons (Fsp3) is 0.133. The normalized spacial score (nSPS) is 12.0. The van der Waals surface area contributed by atoms with Crippen molar-refractivity contribution in [2.75, 3.05) is 0 Å². The summed E-state index contributed by atoms with van der Waals surface area (Å²) in [5.74, 6) is -0.793. The molecule has 4 aromatic rings. The lowest BCUT2D eigenvalue weighted by Gasteiger charge is -2.36. The van der Waals surface area contributed by atoms with Crippen LogP contribution in [0.1, 0.15) is 28.7 Å². The lowest BCUT2D eigenvalue weighted by Crippen LogP contribution is -2.48. The summed E-state index contributed by atoms with van der Waals surface area (Å²) in [5, 5.41) is 2.94. The van der Waals surface area contributed by atoms with E-state index in [1.807, 2.05) is 115 Å². The van der Waals surface area contributed by atoms with Gasteiger partial charge in [0.25, 0.3) is 0 Å². The summed E-state index contributed by atoms with van der Waals surface area (Å²) in [5.41, 5.74) is 8.96. The molecule has 0 aromatic heterocycles. The molecule has 0 radical (unpaired) electrons. The van der Waals surface area contributed by atoms with Crippen molar-refractivity contribution in [1.29, 1.82) is 0 Å². The van der Waals surface area contributed by atoms with E-state index in [4.69, 9.17) is 5.73 Å². The van der Waals surface area contributed by atoms with E-state index in [2.05, 4.69) is 27.9 Å². The highest BCUT2D eigenvalue weighted by Crippen LogP contribution is 2.42. The molecule has 0 spiro atoms. The van der Waals surface area contributed by atoms with Gasteiger partial charge in [0.2, 0.25) is 11.8 Å². The molecule has 3 N–H and O–H groups in total. The number of nitrogens with one attached hydrogen (secondary N) is 1. The van der Waals surface area contributed by atoms with Gasteiger partial charge in [-0.2, -0.15) is 0 Å². The second-order valence-corrected chi connectivity index (χ2v) is 9.66. The van der Waals surface area contributed by atoms with Crippen LogP contribution in [0.4, 0.5) is 0 Å². The van der Waals surface area contributed by atoms with Gasteiger partial charge in [0.05, 0.1) is 5.41 Å². The number of halogens is 1. The second kappa shape index (κ2) is 11.3. The molecule has 0 heterocycles. The molecule has 0 aliphatic heterocycles. The van der Waals surface area contributed by atoms with Gasteiger partial charge in [-0.3, -0.25) is 9.59 Å². The molecule has 0 fully saturated rings. The molecule has 35 heavy (non-hydrogen) atoms. The third-order valence-electron chi connectivity index (χ3n) is 6.29. The summed E-state index contributed by atoms with van der Waals surface area (Å²) in [6.07, 6.45) is 0.468. The van der Waals surface area contributed by atoms with Crippen LogP contribution in [0.3, 0.4) is 0 Å². The van der Waals surface area contributed by atoms with Crippen molar-refractivity contribution in [2.45, 2.75) is 24.3 Å². The Labute approximate surface area is 219 Å². The molecule has 0 saturated heterocycles. The number of nitrogens with two attached hydrogens (primary N) is 1. The summed E-state index contributed by atoms with van der Waals surface area (Å²) in [7, 11) is 0. The fourth-order valence-corrected chi connectivity index (χ4v) is 5.17. The maximum absolute atomic E-state index is 13.6. The topological polar surface area (TPSA) is 72.2 Å². The van der Waals surface area contributed by atoms with Crippen molar-refractivity contribution >= 4 is 34.4 Å². The van der Waals surface area contributed by atoms with Gasteiger partial charge in [0.15, 0.2) is 0 Å². The number of rotatable bonds is 9. The Kier molecular flexibility index (Phi) is 7.98. The van der Waals surface area contributed by atoms with E-state index in [-0.39, 0.29) is 12.3 Å². The van der Waals surface area contributed by atoms with E-state index in [0.29, 0.717) is 6.42 Å². The van der Waals surface area contributed by atoms with Crippen LogP contribution in [0, 0.1) is 3.57 Å². The molecule has 0 bridgehead atoms. The van der Waals surface area contributed by atoms with Crippen molar-refractivity contribution in [1.82, 2.24) is 5.32 Å². The Hall–Kier alpha value is -3.45. The van der Waals surface area contributed by atoms with Gasteiger partial charge >= 0.3 is 0 Å². The molecule has 1 atom stereocenters. The van der Waals surface area contributed by atoms with Crippen LogP contribution in [0.2, 0.25) is 0 Å². The smallest absolute Gasteiger partial charge is 0.240 e. The summed E-state index contributed by atoms with van der Waals surface area (Å²) >= 11 is 2.23. The first-order valence-corrected chi connectivity index (χ1v) is 12.6. The first-order valence-electron chi connectivity index (χ1n) is 11.5. The van der Waals surface area contributed by atoms with Crippen molar-refractivity contribution in [3.05, 3.63) is 141 Å². The van der Waals surface area contributed by atoms with Gasteiger partial charge in [-0.1, -0.05) is 109 Å². The van der Waals surface area contributed by atoms with Gasteiger partial charge in [0.1, 0.15) is 6.04 Å². The van der Waals surface area contributed by atoms with Crippen molar-refractivity contribution in [3.8, 4) is 0 Å². The maximum atomic E-state index is 13.6. The van der Waals surface area contributed by atoms with Crippen LogP contribution in [-0.4, -0.2) is 17.9 Å². The Morgan fingerprint density at radius 2 is 1.14 bits per heavy atom. The number of carbonyl (C=O) groups is 2. The first kappa shape index (κ1) is 24.7. The molecular formula is C30H27IN2O2. The number of hydrogen-bond donors (Lipinski definition) is 2. The Morgan fingerprint density at radius 3 is 1.57 bits per heavy atom. The fourth-order valence-electron chi connectivity index (χ4n) is 4.57. The summed E-state index contributed by atoms with van der Waals surface area (Å²) in [6, 6.07) is 37.1. The monoisotopic (exact) mass is 574 g/mol. The highest BCUT2D eigenvalue weighted by Gasteiger charge is 2.39. The molecule has 4 rings (SSSR count). The number of carbonyl (C=O) groups excluding carboxylic acids is 2. The van der Waals surface area contributed by atoms with Crippen LogP contribution in [0.5, 0.6) is 0 Å². The highest BCUT2D eigenvalue weighted by molar-refractivity contribution is 14.1. The molecule has 176 valence electrons. The average Bonchev–Trinajstić information content (AvgIpc) is 2.89. The average molecular weight is 574 g/mol. The van der Waals surface area contributed by atoms with E-state index in [1.54, 1.807) is 0 Å². The number of benzene rings is 4. The largest absolute Gasteiger partial charge is 0.368 e. The summed E-state index contributed by atoms with van der Waals surface area (Å²) in [4.78, 5) is 26.0. The SMILES string of the molecule is NC(=O)[C@@H](Cc1ccccc1I)NC(=O)CC(c1ccccc1)(c1ccccc1)c1ccccc1. The molecular weight excluding hydrogens is 547 g/mol. The lowest BCUT2D eigenvalue weighted by atomic mass is 9.67. The third kappa shape index (κ3) is 5.62. The highest BCUT2D eigenvalue weighted by atomic mass is 127. The zero-order valence-electron chi connectivity index (χ0n) is 19.2. The molecule has 0 aliphatic rings. The second-order valence-electron chi connectivity index (χ2n) is 8.50. The van der Waals surface area contributed by atoms with E-state index in [0.717, 1.165) is 25.8 Å². The maximum Gasteiger partial charge on any atom is 0.240 e. The molecule has 0 saturated carbocycles.